The van der Waals surface area contributed by atoms with Gasteiger partial charge in [0.1, 0.15) is 17.6 Å². The highest BCUT2D eigenvalue weighted by molar-refractivity contribution is 7.99. The van der Waals surface area contributed by atoms with Gasteiger partial charge in [-0.15, -0.1) is 0 Å². The molecule has 0 atom stereocenters. The number of fused-ring (bicyclic) bond motifs is 4. The van der Waals surface area contributed by atoms with Crippen LogP contribution in [0.1, 0.15) is 6.92 Å². The molecule has 0 radical (unpaired) electrons. The van der Waals surface area contributed by atoms with E-state index < -0.39 is 0 Å². The van der Waals surface area contributed by atoms with Gasteiger partial charge in [-0.3, -0.25) is 0 Å². The normalized spacial score (nSPS) is 11.4. The lowest BCUT2D eigenvalue weighted by Crippen LogP contribution is -2.10. The van der Waals surface area contributed by atoms with E-state index in [2.05, 4.69) is 60.7 Å². The van der Waals surface area contributed by atoms with Gasteiger partial charge >= 0.3 is 0 Å². The molecule has 2 heterocycles. The zero-order chi connectivity index (χ0) is 18.2. The molecule has 2 aromatic heterocycles. The second-order valence-corrected chi connectivity index (χ2v) is 7.38. The average molecular weight is 370 g/mol. The molecule has 0 aliphatic carbocycles. The Morgan fingerprint density at radius 2 is 1.56 bits per heavy atom. The van der Waals surface area contributed by atoms with Crippen LogP contribution in [0.3, 0.4) is 0 Å². The summed E-state index contributed by atoms with van der Waals surface area (Å²) in [7, 11) is 0. The van der Waals surface area contributed by atoms with E-state index in [1.54, 1.807) is 11.8 Å². The maximum Gasteiger partial charge on any atom is 0.121 e. The molecule has 0 spiro atoms. The van der Waals surface area contributed by atoms with Crippen LogP contribution in [0.25, 0.3) is 32.8 Å². The van der Waals surface area contributed by atoms with E-state index in [-0.39, 0.29) is 0 Å². The van der Waals surface area contributed by atoms with Crippen LogP contribution in [0.5, 0.6) is 0 Å². The highest BCUT2D eigenvalue weighted by atomic mass is 32.2. The van der Waals surface area contributed by atoms with E-state index in [1.807, 2.05) is 29.9 Å². The average Bonchev–Trinajstić information content (AvgIpc) is 3.03. The summed E-state index contributed by atoms with van der Waals surface area (Å²) in [5.41, 5.74) is 4.07. The number of rotatable bonds is 4. The molecule has 0 unspecified atom stereocenters. The number of nitrogens with zero attached hydrogens (tertiary/aromatic N) is 2. The highest BCUT2D eigenvalue weighted by Gasteiger charge is 2.19. The zero-order valence-corrected chi connectivity index (χ0v) is 15.7. The van der Waals surface area contributed by atoms with Gasteiger partial charge in [-0.1, -0.05) is 66.4 Å². The maximum atomic E-state index is 6.06. The van der Waals surface area contributed by atoms with Crippen molar-refractivity contribution < 1.29 is 4.84 Å². The SMILES string of the molecule is CCOn1c2ccccc2c2nc3ccccc3c(Sc3ccccc3)c21. The Labute approximate surface area is 161 Å². The van der Waals surface area contributed by atoms with E-state index in [0.29, 0.717) is 6.61 Å². The molecule has 0 aliphatic heterocycles. The molecule has 0 aliphatic rings. The van der Waals surface area contributed by atoms with Crippen molar-refractivity contribution in [1.82, 2.24) is 9.71 Å². The minimum atomic E-state index is 0.593. The van der Waals surface area contributed by atoms with Gasteiger partial charge in [-0.05, 0) is 31.2 Å². The molecule has 0 bridgehead atoms. The minimum absolute atomic E-state index is 0.593. The van der Waals surface area contributed by atoms with Crippen molar-refractivity contribution in [1.29, 1.82) is 0 Å². The van der Waals surface area contributed by atoms with Crippen LogP contribution in [0.4, 0.5) is 0 Å². The van der Waals surface area contributed by atoms with Crippen molar-refractivity contribution in [3.63, 3.8) is 0 Å². The quantitative estimate of drug-likeness (QED) is 0.391. The van der Waals surface area contributed by atoms with Crippen LogP contribution >= 0.6 is 11.8 Å². The number of hydrogen-bond donors (Lipinski definition) is 0. The van der Waals surface area contributed by atoms with Crippen molar-refractivity contribution in [2.24, 2.45) is 0 Å². The first-order valence-electron chi connectivity index (χ1n) is 9.05. The van der Waals surface area contributed by atoms with E-state index in [1.165, 1.54) is 9.79 Å². The van der Waals surface area contributed by atoms with Crippen LogP contribution < -0.4 is 4.84 Å². The Bertz CT molecular complexity index is 1260. The van der Waals surface area contributed by atoms with Gasteiger partial charge in [-0.2, -0.15) is 4.73 Å². The largest absolute Gasteiger partial charge is 0.413 e. The number of hydrogen-bond acceptors (Lipinski definition) is 3. The third-order valence-electron chi connectivity index (χ3n) is 4.62. The van der Waals surface area contributed by atoms with Crippen molar-refractivity contribution in [3.05, 3.63) is 78.9 Å². The highest BCUT2D eigenvalue weighted by Crippen LogP contribution is 2.41. The summed E-state index contributed by atoms with van der Waals surface area (Å²) >= 11 is 1.76. The third kappa shape index (κ3) is 2.64. The Hall–Kier alpha value is -2.98. The molecular weight excluding hydrogens is 352 g/mol. The summed E-state index contributed by atoms with van der Waals surface area (Å²) in [5.74, 6) is 0. The van der Waals surface area contributed by atoms with Gasteiger partial charge in [0.25, 0.3) is 0 Å². The Balaban J connectivity index is 1.93. The Morgan fingerprint density at radius 1 is 0.852 bits per heavy atom. The molecule has 0 fully saturated rings. The van der Waals surface area contributed by atoms with Crippen molar-refractivity contribution in [2.45, 2.75) is 16.7 Å². The molecule has 0 N–H and O–H groups in total. The standard InChI is InChI=1S/C23H18N2OS/c1-2-26-25-20-15-9-7-13-18(20)21-22(25)23(27-16-10-4-3-5-11-16)17-12-6-8-14-19(17)24-21/h3-15H,2H2,1H3. The first-order valence-corrected chi connectivity index (χ1v) is 9.86. The summed E-state index contributed by atoms with van der Waals surface area (Å²) in [4.78, 5) is 13.4. The smallest absolute Gasteiger partial charge is 0.121 e. The first-order chi connectivity index (χ1) is 13.4. The maximum absolute atomic E-state index is 6.06. The third-order valence-corrected chi connectivity index (χ3v) is 5.75. The number of pyridine rings is 1. The van der Waals surface area contributed by atoms with E-state index >= 15 is 0 Å². The second kappa shape index (κ2) is 6.63. The molecule has 27 heavy (non-hydrogen) atoms. The van der Waals surface area contributed by atoms with E-state index in [4.69, 9.17) is 9.82 Å². The van der Waals surface area contributed by atoms with Crippen LogP contribution in [0, 0.1) is 0 Å². The predicted molar refractivity (Wildman–Crippen MR) is 112 cm³/mol. The van der Waals surface area contributed by atoms with Crippen LogP contribution in [0.15, 0.2) is 88.7 Å². The summed E-state index contributed by atoms with van der Waals surface area (Å²) in [5, 5.41) is 2.25. The van der Waals surface area contributed by atoms with Crippen LogP contribution in [-0.4, -0.2) is 16.3 Å². The second-order valence-electron chi connectivity index (χ2n) is 6.30. The molecular formula is C23H18N2OS. The number of aromatic nitrogens is 2. The molecule has 4 heteroatoms. The molecule has 5 rings (SSSR count). The van der Waals surface area contributed by atoms with E-state index in [9.17, 15) is 0 Å². The van der Waals surface area contributed by atoms with E-state index in [0.717, 1.165) is 32.8 Å². The summed E-state index contributed by atoms with van der Waals surface area (Å²) in [6.45, 7) is 2.61. The van der Waals surface area contributed by atoms with Crippen molar-refractivity contribution in [3.8, 4) is 0 Å². The lowest BCUT2D eigenvalue weighted by atomic mass is 10.2. The molecule has 132 valence electrons. The topological polar surface area (TPSA) is 27.1 Å². The molecule has 0 saturated carbocycles. The fourth-order valence-electron chi connectivity index (χ4n) is 3.49. The Kier molecular flexibility index (Phi) is 3.98. The monoisotopic (exact) mass is 370 g/mol. The molecule has 0 amide bonds. The molecule has 3 aromatic carbocycles. The predicted octanol–water partition coefficient (Wildman–Crippen LogP) is 5.94. The van der Waals surface area contributed by atoms with Gasteiger partial charge in [0, 0.05) is 15.7 Å². The summed E-state index contributed by atoms with van der Waals surface area (Å²) < 4.78 is 1.95. The van der Waals surface area contributed by atoms with Gasteiger partial charge in [0.2, 0.25) is 0 Å². The summed E-state index contributed by atoms with van der Waals surface area (Å²) in [6, 6.07) is 27.1. The fourth-order valence-corrected chi connectivity index (χ4v) is 4.58. The van der Waals surface area contributed by atoms with Gasteiger partial charge in [-0.25, -0.2) is 4.98 Å². The lowest BCUT2D eigenvalue weighted by Gasteiger charge is -2.12. The van der Waals surface area contributed by atoms with Gasteiger partial charge in [0.15, 0.2) is 0 Å². The first kappa shape index (κ1) is 16.2. The number of benzene rings is 3. The summed E-state index contributed by atoms with van der Waals surface area (Å²) in [6.07, 6.45) is 0. The van der Waals surface area contributed by atoms with Crippen LogP contribution in [0.2, 0.25) is 0 Å². The number of para-hydroxylation sites is 2. The molecule has 0 saturated heterocycles. The fraction of sp³-hybridized carbons (Fsp3) is 0.0870. The molecule has 5 aromatic rings. The minimum Gasteiger partial charge on any atom is -0.413 e. The Morgan fingerprint density at radius 3 is 2.37 bits per heavy atom. The zero-order valence-electron chi connectivity index (χ0n) is 14.9. The van der Waals surface area contributed by atoms with Gasteiger partial charge in [0.05, 0.1) is 15.9 Å². The van der Waals surface area contributed by atoms with Crippen LogP contribution in [-0.2, 0) is 0 Å². The lowest BCUT2D eigenvalue weighted by molar-refractivity contribution is 0.141. The van der Waals surface area contributed by atoms with Crippen molar-refractivity contribution >= 4 is 44.6 Å². The molecule has 3 nitrogen and oxygen atoms in total. The van der Waals surface area contributed by atoms with Crippen molar-refractivity contribution in [2.75, 3.05) is 6.61 Å². The van der Waals surface area contributed by atoms with Gasteiger partial charge < -0.3 is 4.84 Å².